The average Bonchev–Trinajstić information content (AvgIpc) is 3.36. The van der Waals surface area contributed by atoms with Crippen LogP contribution in [0.25, 0.3) is 0 Å². The first-order chi connectivity index (χ1) is 11.8. The van der Waals surface area contributed by atoms with E-state index in [2.05, 4.69) is 16.0 Å². The van der Waals surface area contributed by atoms with Gasteiger partial charge < -0.3 is 18.9 Å². The third kappa shape index (κ3) is 3.14. The number of nitrogens with zero attached hydrogens (tertiary/aromatic N) is 2. The molecule has 2 aliphatic rings. The number of carbonyl (C=O) groups excluding carboxylic acids is 1. The molecule has 0 aliphatic carbocycles. The van der Waals surface area contributed by atoms with E-state index in [1.807, 2.05) is 35.5 Å². The molecule has 6 heteroatoms. The van der Waals surface area contributed by atoms with Gasteiger partial charge in [-0.25, -0.2) is 0 Å². The molecule has 4 rings (SSSR count). The minimum absolute atomic E-state index is 0.0716. The number of thiophene rings is 1. The number of rotatable bonds is 4. The highest BCUT2D eigenvalue weighted by Gasteiger charge is 2.41. The van der Waals surface area contributed by atoms with Crippen molar-refractivity contribution in [3.8, 4) is 0 Å². The summed E-state index contributed by atoms with van der Waals surface area (Å²) in [6.45, 7) is 2.76. The minimum atomic E-state index is -0.426. The lowest BCUT2D eigenvalue weighted by Gasteiger charge is -2.38. The summed E-state index contributed by atoms with van der Waals surface area (Å²) in [5.74, 6) is -0.223. The van der Waals surface area contributed by atoms with E-state index in [1.165, 1.54) is 4.88 Å². The van der Waals surface area contributed by atoms with Crippen molar-refractivity contribution in [3.63, 3.8) is 0 Å². The van der Waals surface area contributed by atoms with Crippen LogP contribution in [0.3, 0.4) is 0 Å². The Morgan fingerprint density at radius 1 is 1.17 bits per heavy atom. The van der Waals surface area contributed by atoms with Crippen LogP contribution in [0.1, 0.15) is 30.2 Å². The smallest absolute Gasteiger partial charge is 0.225 e. The zero-order valence-corrected chi connectivity index (χ0v) is 14.4. The molecule has 5 nitrogen and oxygen atoms in total. The van der Waals surface area contributed by atoms with E-state index in [0.29, 0.717) is 32.7 Å². The largest absolute Gasteiger partial charge is 0.347 e. The lowest BCUT2D eigenvalue weighted by atomic mass is 10.0. The molecule has 0 bridgehead atoms. The van der Waals surface area contributed by atoms with Crippen molar-refractivity contribution >= 4 is 17.2 Å². The van der Waals surface area contributed by atoms with Gasteiger partial charge in [-0.1, -0.05) is 6.07 Å². The van der Waals surface area contributed by atoms with Gasteiger partial charge in [-0.15, -0.1) is 11.3 Å². The van der Waals surface area contributed by atoms with Crippen LogP contribution in [0.15, 0.2) is 42.0 Å². The standard InChI is InChI=1S/C18H22N2O3S/c21-17(20-9-5-18(6-10-20)22-11-12-23-18)14-15(16-4-3-13-24-16)19-7-1-2-8-19/h1-4,7-8,13,15H,5-6,9-12,14H2. The number of aromatic nitrogens is 1. The molecule has 2 fully saturated rings. The monoisotopic (exact) mass is 346 g/mol. The first kappa shape index (κ1) is 15.9. The molecule has 0 aromatic carbocycles. The number of hydrogen-bond donors (Lipinski definition) is 0. The first-order valence-corrected chi connectivity index (χ1v) is 9.35. The predicted molar refractivity (Wildman–Crippen MR) is 92.0 cm³/mol. The van der Waals surface area contributed by atoms with E-state index in [9.17, 15) is 4.79 Å². The molecule has 24 heavy (non-hydrogen) atoms. The van der Waals surface area contributed by atoms with Crippen LogP contribution in [-0.2, 0) is 14.3 Å². The molecule has 1 amide bonds. The molecule has 1 atom stereocenters. The molecule has 4 heterocycles. The van der Waals surface area contributed by atoms with Crippen LogP contribution in [0, 0.1) is 0 Å². The van der Waals surface area contributed by atoms with Gasteiger partial charge in [0, 0.05) is 43.2 Å². The molecule has 1 spiro atoms. The SMILES string of the molecule is O=C(CC(c1cccs1)n1cccc1)N1CCC2(CC1)OCCO2. The van der Waals surface area contributed by atoms with Crippen LogP contribution < -0.4 is 0 Å². The highest BCUT2D eigenvalue weighted by molar-refractivity contribution is 7.10. The second-order valence-electron chi connectivity index (χ2n) is 6.35. The van der Waals surface area contributed by atoms with Gasteiger partial charge in [-0.2, -0.15) is 0 Å². The maximum atomic E-state index is 12.8. The Hall–Kier alpha value is -1.63. The van der Waals surface area contributed by atoms with Gasteiger partial charge in [0.25, 0.3) is 0 Å². The Balaban J connectivity index is 1.42. The van der Waals surface area contributed by atoms with E-state index < -0.39 is 5.79 Å². The number of carbonyl (C=O) groups is 1. The lowest BCUT2D eigenvalue weighted by molar-refractivity contribution is -0.187. The quantitative estimate of drug-likeness (QED) is 0.855. The van der Waals surface area contributed by atoms with Crippen molar-refractivity contribution in [1.82, 2.24) is 9.47 Å². The molecule has 2 aromatic rings. The lowest BCUT2D eigenvalue weighted by Crippen LogP contribution is -2.47. The molecular formula is C18H22N2O3S. The number of piperidine rings is 1. The Labute approximate surface area is 145 Å². The second kappa shape index (κ2) is 6.70. The number of likely N-dealkylation sites (tertiary alicyclic amines) is 1. The van der Waals surface area contributed by atoms with Crippen LogP contribution in [0.4, 0.5) is 0 Å². The van der Waals surface area contributed by atoms with Gasteiger partial charge in [0.05, 0.1) is 25.7 Å². The Morgan fingerprint density at radius 3 is 2.50 bits per heavy atom. The van der Waals surface area contributed by atoms with Crippen LogP contribution in [0.5, 0.6) is 0 Å². The summed E-state index contributed by atoms with van der Waals surface area (Å²) in [6, 6.07) is 8.23. The van der Waals surface area contributed by atoms with Crippen molar-refractivity contribution in [2.75, 3.05) is 26.3 Å². The fourth-order valence-corrected chi connectivity index (χ4v) is 4.40. The fraction of sp³-hybridized carbons (Fsp3) is 0.500. The maximum absolute atomic E-state index is 12.8. The second-order valence-corrected chi connectivity index (χ2v) is 7.33. The van der Waals surface area contributed by atoms with Crippen LogP contribution >= 0.6 is 11.3 Å². The van der Waals surface area contributed by atoms with Gasteiger partial charge in [0.2, 0.25) is 5.91 Å². The number of ether oxygens (including phenoxy) is 2. The first-order valence-electron chi connectivity index (χ1n) is 8.47. The third-order valence-corrected chi connectivity index (χ3v) is 5.89. The summed E-state index contributed by atoms with van der Waals surface area (Å²) < 4.78 is 13.6. The van der Waals surface area contributed by atoms with Crippen LogP contribution in [0.2, 0.25) is 0 Å². The molecular weight excluding hydrogens is 324 g/mol. The summed E-state index contributed by atoms with van der Waals surface area (Å²) in [7, 11) is 0. The summed E-state index contributed by atoms with van der Waals surface area (Å²) in [5.41, 5.74) is 0. The summed E-state index contributed by atoms with van der Waals surface area (Å²) in [6.07, 6.45) is 6.09. The van der Waals surface area contributed by atoms with Gasteiger partial charge in [-0.05, 0) is 23.6 Å². The molecule has 1 unspecified atom stereocenters. The fourth-order valence-electron chi connectivity index (χ4n) is 3.57. The van der Waals surface area contributed by atoms with Crippen molar-refractivity contribution in [2.24, 2.45) is 0 Å². The van der Waals surface area contributed by atoms with E-state index in [0.717, 1.165) is 12.8 Å². The van der Waals surface area contributed by atoms with Crippen molar-refractivity contribution in [3.05, 3.63) is 46.9 Å². The van der Waals surface area contributed by atoms with E-state index in [4.69, 9.17) is 9.47 Å². The van der Waals surface area contributed by atoms with Gasteiger partial charge in [0.15, 0.2) is 5.79 Å². The highest BCUT2D eigenvalue weighted by atomic mass is 32.1. The Morgan fingerprint density at radius 2 is 1.88 bits per heavy atom. The number of amides is 1. The zero-order chi connectivity index (χ0) is 16.4. The summed E-state index contributed by atoms with van der Waals surface area (Å²) in [5, 5.41) is 2.07. The topological polar surface area (TPSA) is 43.7 Å². The number of hydrogen-bond acceptors (Lipinski definition) is 4. The zero-order valence-electron chi connectivity index (χ0n) is 13.6. The van der Waals surface area contributed by atoms with E-state index >= 15 is 0 Å². The van der Waals surface area contributed by atoms with Crippen LogP contribution in [-0.4, -0.2) is 47.5 Å². The molecule has 2 aromatic heterocycles. The maximum Gasteiger partial charge on any atom is 0.225 e. The van der Waals surface area contributed by atoms with Gasteiger partial charge >= 0.3 is 0 Å². The Bertz CT molecular complexity index is 618. The van der Waals surface area contributed by atoms with E-state index in [1.54, 1.807) is 11.3 Å². The summed E-state index contributed by atoms with van der Waals surface area (Å²) >= 11 is 1.70. The molecule has 0 N–H and O–H groups in total. The van der Waals surface area contributed by atoms with Crippen molar-refractivity contribution in [2.45, 2.75) is 31.1 Å². The predicted octanol–water partition coefficient (Wildman–Crippen LogP) is 2.89. The van der Waals surface area contributed by atoms with Crippen molar-refractivity contribution < 1.29 is 14.3 Å². The highest BCUT2D eigenvalue weighted by Crippen LogP contribution is 2.33. The summed E-state index contributed by atoms with van der Waals surface area (Å²) in [4.78, 5) is 16.0. The molecule has 0 saturated carbocycles. The molecule has 2 saturated heterocycles. The average molecular weight is 346 g/mol. The van der Waals surface area contributed by atoms with Gasteiger partial charge in [0.1, 0.15) is 0 Å². The molecule has 128 valence electrons. The molecule has 0 radical (unpaired) electrons. The third-order valence-electron chi connectivity index (χ3n) is 4.92. The normalized spacial score (nSPS) is 21.2. The Kier molecular flexibility index (Phi) is 4.43. The molecule has 2 aliphatic heterocycles. The van der Waals surface area contributed by atoms with Crippen molar-refractivity contribution in [1.29, 1.82) is 0 Å². The van der Waals surface area contributed by atoms with E-state index in [-0.39, 0.29) is 11.9 Å². The minimum Gasteiger partial charge on any atom is -0.347 e. The van der Waals surface area contributed by atoms with Gasteiger partial charge in [-0.3, -0.25) is 4.79 Å².